The van der Waals surface area contributed by atoms with Crippen LogP contribution >= 0.6 is 12.6 Å². The van der Waals surface area contributed by atoms with Crippen molar-refractivity contribution < 1.29 is 9.59 Å². The summed E-state index contributed by atoms with van der Waals surface area (Å²) in [5, 5.41) is 2.12. The zero-order chi connectivity index (χ0) is 9.02. The molecule has 0 aromatic carbocycles. The molecular weight excluding hydrogens is 164 g/mol. The van der Waals surface area contributed by atoms with Crippen LogP contribution in [-0.4, -0.2) is 23.1 Å². The van der Waals surface area contributed by atoms with Crippen molar-refractivity contribution in [1.82, 2.24) is 5.32 Å². The first-order valence-corrected chi connectivity index (χ1v) is 3.71. The van der Waals surface area contributed by atoms with E-state index in [1.807, 2.05) is 0 Å². The van der Waals surface area contributed by atoms with Crippen LogP contribution in [0, 0.1) is 0 Å². The van der Waals surface area contributed by atoms with Crippen LogP contribution in [0.3, 0.4) is 0 Å². The van der Waals surface area contributed by atoms with Gasteiger partial charge in [0.25, 0.3) is 0 Å². The van der Waals surface area contributed by atoms with Crippen molar-refractivity contribution in [3.63, 3.8) is 0 Å². The van der Waals surface area contributed by atoms with Crippen molar-refractivity contribution in [2.45, 2.75) is 25.1 Å². The third-order valence-electron chi connectivity index (χ3n) is 1.15. The molecule has 2 atom stereocenters. The molecule has 0 aliphatic rings. The highest BCUT2D eigenvalue weighted by Crippen LogP contribution is 1.99. The van der Waals surface area contributed by atoms with Crippen molar-refractivity contribution in [3.8, 4) is 0 Å². The van der Waals surface area contributed by atoms with E-state index < -0.39 is 11.9 Å². The first-order valence-electron chi connectivity index (χ1n) is 3.19. The average molecular weight is 176 g/mol. The molecule has 0 saturated heterocycles. The largest absolute Gasteiger partial charge is 0.368 e. The fourth-order valence-electron chi connectivity index (χ4n) is 0.648. The molecule has 1 unspecified atom stereocenters. The molecule has 0 fully saturated rings. The second-order valence-corrected chi connectivity index (χ2v) is 3.14. The number of primary amides is 1. The Hall–Kier alpha value is -0.710. The molecule has 0 bridgehead atoms. The van der Waals surface area contributed by atoms with Crippen molar-refractivity contribution in [3.05, 3.63) is 0 Å². The molecule has 11 heavy (non-hydrogen) atoms. The van der Waals surface area contributed by atoms with Crippen LogP contribution in [0.25, 0.3) is 0 Å². The summed E-state index contributed by atoms with van der Waals surface area (Å²) in [5.74, 6) is -0.850. The Morgan fingerprint density at radius 3 is 2.09 bits per heavy atom. The molecule has 2 amide bonds. The van der Waals surface area contributed by atoms with Crippen molar-refractivity contribution in [2.24, 2.45) is 5.73 Å². The molecule has 3 N–H and O–H groups in total. The maximum absolute atomic E-state index is 10.6. The molecule has 0 aliphatic carbocycles. The van der Waals surface area contributed by atoms with Gasteiger partial charge >= 0.3 is 0 Å². The molecule has 5 heteroatoms. The molecule has 0 heterocycles. The van der Waals surface area contributed by atoms with Gasteiger partial charge in [-0.3, -0.25) is 9.59 Å². The number of nitrogens with one attached hydrogen (secondary N) is 1. The maximum Gasteiger partial charge on any atom is 0.241 e. The molecule has 0 rings (SSSR count). The summed E-state index contributed by atoms with van der Waals surface area (Å²) in [7, 11) is 0. The quantitative estimate of drug-likeness (QED) is 0.497. The first kappa shape index (κ1) is 10.3. The van der Waals surface area contributed by atoms with Gasteiger partial charge in [0.1, 0.15) is 6.04 Å². The SMILES string of the molecule is CC(=O)N[C@H](C(N)=O)C(C)S. The Labute approximate surface area is 70.9 Å². The maximum atomic E-state index is 10.6. The average Bonchev–Trinajstić information content (AvgIpc) is 1.81. The minimum absolute atomic E-state index is 0.267. The van der Waals surface area contributed by atoms with E-state index in [2.05, 4.69) is 17.9 Å². The first-order chi connectivity index (χ1) is 4.95. The lowest BCUT2D eigenvalue weighted by Gasteiger charge is -2.16. The standard InChI is InChI=1S/C6H12N2O2S/c1-3(11)5(6(7)10)8-4(2)9/h3,5,11H,1-2H3,(H2,7,10)(H,8,9)/t3?,5-/m0/s1. The third kappa shape index (κ3) is 3.87. The monoisotopic (exact) mass is 176 g/mol. The number of hydrogen-bond donors (Lipinski definition) is 3. The fraction of sp³-hybridized carbons (Fsp3) is 0.667. The van der Waals surface area contributed by atoms with Gasteiger partial charge in [-0.05, 0) is 0 Å². The zero-order valence-corrected chi connectivity index (χ0v) is 7.39. The topological polar surface area (TPSA) is 72.2 Å². The Morgan fingerprint density at radius 1 is 1.55 bits per heavy atom. The molecule has 0 saturated carbocycles. The van der Waals surface area contributed by atoms with Gasteiger partial charge in [0.15, 0.2) is 0 Å². The van der Waals surface area contributed by atoms with Crippen LogP contribution in [0.5, 0.6) is 0 Å². The Bertz CT molecular complexity index is 170. The van der Waals surface area contributed by atoms with Crippen molar-refractivity contribution in [2.75, 3.05) is 0 Å². The second kappa shape index (κ2) is 4.23. The summed E-state index contributed by atoms with van der Waals surface area (Å²) in [5.41, 5.74) is 4.98. The smallest absolute Gasteiger partial charge is 0.241 e. The molecule has 0 radical (unpaired) electrons. The number of carbonyl (C=O) groups is 2. The lowest BCUT2D eigenvalue weighted by atomic mass is 10.2. The number of thiol groups is 1. The normalized spacial score (nSPS) is 15.2. The van der Waals surface area contributed by atoms with Crippen LogP contribution in [0.4, 0.5) is 0 Å². The number of nitrogens with two attached hydrogens (primary N) is 1. The van der Waals surface area contributed by atoms with E-state index in [0.717, 1.165) is 0 Å². The number of carbonyl (C=O) groups excluding carboxylic acids is 2. The summed E-state index contributed by atoms with van der Waals surface area (Å²) >= 11 is 3.99. The van der Waals surface area contributed by atoms with Crippen molar-refractivity contribution in [1.29, 1.82) is 0 Å². The third-order valence-corrected chi connectivity index (χ3v) is 1.45. The van der Waals surface area contributed by atoms with Crippen LogP contribution < -0.4 is 11.1 Å². The minimum atomic E-state index is -0.684. The molecule has 0 spiro atoms. The number of amides is 2. The summed E-state index contributed by atoms with van der Waals surface area (Å²) in [6, 6.07) is -0.684. The lowest BCUT2D eigenvalue weighted by molar-refractivity contribution is -0.126. The van der Waals surface area contributed by atoms with Gasteiger partial charge in [-0.15, -0.1) is 0 Å². The van der Waals surface area contributed by atoms with E-state index in [0.29, 0.717) is 0 Å². The molecule has 0 aliphatic heterocycles. The van der Waals surface area contributed by atoms with E-state index in [4.69, 9.17) is 5.73 Å². The van der Waals surface area contributed by atoms with E-state index in [1.165, 1.54) is 6.92 Å². The van der Waals surface area contributed by atoms with E-state index in [9.17, 15) is 9.59 Å². The lowest BCUT2D eigenvalue weighted by Crippen LogP contribution is -2.48. The summed E-state index contributed by atoms with van der Waals surface area (Å²) in [6.45, 7) is 3.01. The van der Waals surface area contributed by atoms with E-state index >= 15 is 0 Å². The van der Waals surface area contributed by atoms with Crippen molar-refractivity contribution >= 4 is 24.4 Å². The number of hydrogen-bond acceptors (Lipinski definition) is 3. The van der Waals surface area contributed by atoms with Crippen LogP contribution in [-0.2, 0) is 9.59 Å². The Kier molecular flexibility index (Phi) is 3.95. The van der Waals surface area contributed by atoms with Gasteiger partial charge in [-0.1, -0.05) is 6.92 Å². The highest BCUT2D eigenvalue weighted by atomic mass is 32.1. The van der Waals surface area contributed by atoms with Gasteiger partial charge in [-0.25, -0.2) is 0 Å². The van der Waals surface area contributed by atoms with Gasteiger partial charge in [0.05, 0.1) is 0 Å². The van der Waals surface area contributed by atoms with E-state index in [-0.39, 0.29) is 11.2 Å². The second-order valence-electron chi connectivity index (χ2n) is 2.32. The van der Waals surface area contributed by atoms with E-state index in [1.54, 1.807) is 6.92 Å². The predicted octanol–water partition coefficient (Wildman–Crippen LogP) is -0.705. The fourth-order valence-corrected chi connectivity index (χ4v) is 0.870. The molecule has 4 nitrogen and oxygen atoms in total. The van der Waals surface area contributed by atoms with Gasteiger partial charge in [0.2, 0.25) is 11.8 Å². The predicted molar refractivity (Wildman–Crippen MR) is 45.2 cm³/mol. The van der Waals surface area contributed by atoms with Crippen LogP contribution in [0.2, 0.25) is 0 Å². The van der Waals surface area contributed by atoms with Crippen LogP contribution in [0.1, 0.15) is 13.8 Å². The van der Waals surface area contributed by atoms with Crippen LogP contribution in [0.15, 0.2) is 0 Å². The summed E-state index contributed by atoms with van der Waals surface area (Å²) < 4.78 is 0. The highest BCUT2D eigenvalue weighted by molar-refractivity contribution is 7.81. The van der Waals surface area contributed by atoms with Gasteiger partial charge in [0, 0.05) is 12.2 Å². The zero-order valence-electron chi connectivity index (χ0n) is 6.50. The summed E-state index contributed by atoms with van der Waals surface area (Å²) in [4.78, 5) is 21.1. The molecule has 0 aromatic heterocycles. The Balaban J connectivity index is 4.12. The highest BCUT2D eigenvalue weighted by Gasteiger charge is 2.20. The van der Waals surface area contributed by atoms with Gasteiger partial charge < -0.3 is 11.1 Å². The molecule has 0 aromatic rings. The Morgan fingerprint density at radius 2 is 2.00 bits per heavy atom. The summed E-state index contributed by atoms with van der Waals surface area (Å²) in [6.07, 6.45) is 0. The molecule has 64 valence electrons. The molecular formula is C6H12N2O2S. The number of rotatable bonds is 3. The van der Waals surface area contributed by atoms with Gasteiger partial charge in [-0.2, -0.15) is 12.6 Å². The minimum Gasteiger partial charge on any atom is -0.368 e.